The third-order valence-corrected chi connectivity index (χ3v) is 4.34. The van der Waals surface area contributed by atoms with Gasteiger partial charge in [0.05, 0.1) is 5.94 Å². The number of amides is 1. The molecule has 1 aliphatic heterocycles. The Bertz CT molecular complexity index is 345. The molecular weight excluding hydrogens is 255 g/mol. The lowest BCUT2D eigenvalue weighted by Gasteiger charge is -2.28. The molecule has 1 rings (SSSR count). The zero-order valence-corrected chi connectivity index (χ0v) is 12.6. The number of likely N-dealkylation sites (tertiary alicyclic amines) is 1. The van der Waals surface area contributed by atoms with Gasteiger partial charge in [-0.25, -0.2) is 0 Å². The van der Waals surface area contributed by atoms with Crippen molar-refractivity contribution in [3.05, 3.63) is 12.2 Å². The Morgan fingerprint density at radius 1 is 1.45 bits per heavy atom. The zero-order chi connectivity index (χ0) is 15.3. The van der Waals surface area contributed by atoms with Gasteiger partial charge in [-0.05, 0) is 25.2 Å². The fraction of sp³-hybridized carbons (Fsp3) is 0.786. The summed E-state index contributed by atoms with van der Waals surface area (Å²) in [6.07, 6.45) is 4.21. The highest BCUT2D eigenvalue weighted by Crippen LogP contribution is 2.23. The van der Waals surface area contributed by atoms with E-state index in [0.717, 1.165) is 31.3 Å². The highest BCUT2D eigenvalue weighted by Gasteiger charge is 2.38. The largest absolute Gasteiger partial charge is 0.475 e. The van der Waals surface area contributed by atoms with Crippen molar-refractivity contribution in [1.82, 2.24) is 4.90 Å². The highest BCUT2D eigenvalue weighted by atomic mass is 16.4. The monoisotopic (exact) mass is 282 g/mol. The van der Waals surface area contributed by atoms with Crippen LogP contribution in [0.2, 0.25) is 0 Å². The first-order valence-corrected chi connectivity index (χ1v) is 7.52. The topological polar surface area (TPSA) is 86.8 Å². The quantitative estimate of drug-likeness (QED) is 0.474. The van der Waals surface area contributed by atoms with Gasteiger partial charge in [0.25, 0.3) is 0 Å². The van der Waals surface area contributed by atoms with Crippen LogP contribution in [0.5, 0.6) is 0 Å². The normalized spacial score (nSPS) is 20.3. The molecule has 0 aliphatic carbocycles. The van der Waals surface area contributed by atoms with E-state index in [1.165, 1.54) is 4.90 Å². The Morgan fingerprint density at radius 3 is 2.55 bits per heavy atom. The van der Waals surface area contributed by atoms with Gasteiger partial charge in [0.2, 0.25) is 5.91 Å². The van der Waals surface area contributed by atoms with Crippen molar-refractivity contribution in [1.29, 1.82) is 0 Å². The summed E-state index contributed by atoms with van der Waals surface area (Å²) in [4.78, 5) is 13.9. The minimum atomic E-state index is -1.50. The molecule has 0 aromatic carbocycles. The Kier molecular flexibility index (Phi) is 6.72. The van der Waals surface area contributed by atoms with Crippen LogP contribution in [-0.2, 0) is 4.79 Å². The number of nitrogens with zero attached hydrogens (tertiary/aromatic N) is 1. The second-order valence-electron chi connectivity index (χ2n) is 5.68. The predicted molar refractivity (Wildman–Crippen MR) is 80.7 cm³/mol. The van der Waals surface area contributed by atoms with Crippen LogP contribution in [0.4, 0.5) is 0 Å². The summed E-state index contributed by atoms with van der Waals surface area (Å²) in [6.45, 7) is 8.73. The minimum absolute atomic E-state index is 0.239. The minimum Gasteiger partial charge on any atom is -0.426 e. The summed E-state index contributed by atoms with van der Waals surface area (Å²) in [7, 11) is -1.50. The van der Waals surface area contributed by atoms with Gasteiger partial charge >= 0.3 is 7.12 Å². The average molecular weight is 282 g/mol. The van der Waals surface area contributed by atoms with E-state index in [2.05, 4.69) is 20.4 Å². The molecule has 6 heteroatoms. The van der Waals surface area contributed by atoms with Gasteiger partial charge in [-0.15, -0.1) is 0 Å². The molecule has 5 nitrogen and oxygen atoms in total. The van der Waals surface area contributed by atoms with Crippen molar-refractivity contribution in [2.24, 2.45) is 11.7 Å². The second-order valence-corrected chi connectivity index (χ2v) is 5.68. The molecule has 0 radical (unpaired) electrons. The van der Waals surface area contributed by atoms with Gasteiger partial charge in [0.15, 0.2) is 0 Å². The molecule has 2 atom stereocenters. The van der Waals surface area contributed by atoms with E-state index < -0.39 is 19.1 Å². The summed E-state index contributed by atoms with van der Waals surface area (Å²) >= 11 is 0. The number of hydrogen-bond donors (Lipinski definition) is 3. The smallest absolute Gasteiger partial charge is 0.426 e. The van der Waals surface area contributed by atoms with E-state index in [4.69, 9.17) is 5.73 Å². The first-order chi connectivity index (χ1) is 9.42. The third-order valence-electron chi connectivity index (χ3n) is 4.34. The maximum Gasteiger partial charge on any atom is 0.475 e. The predicted octanol–water partition coefficient (Wildman–Crippen LogP) is 0.699. The zero-order valence-electron chi connectivity index (χ0n) is 12.6. The second kappa shape index (κ2) is 7.81. The lowest BCUT2D eigenvalue weighted by Crippen LogP contribution is -2.51. The lowest BCUT2D eigenvalue weighted by atomic mass is 9.77. The molecule has 4 N–H and O–H groups in total. The van der Waals surface area contributed by atoms with Crippen molar-refractivity contribution in [3.8, 4) is 0 Å². The molecular formula is C14H27BN2O3. The molecule has 1 saturated heterocycles. The van der Waals surface area contributed by atoms with Gasteiger partial charge in [0, 0.05) is 6.54 Å². The van der Waals surface area contributed by atoms with Crippen molar-refractivity contribution >= 4 is 13.0 Å². The number of hydrogen-bond acceptors (Lipinski definition) is 4. The first kappa shape index (κ1) is 17.2. The van der Waals surface area contributed by atoms with Gasteiger partial charge in [-0.1, -0.05) is 38.8 Å². The maximum absolute atomic E-state index is 12.4. The van der Waals surface area contributed by atoms with E-state index >= 15 is 0 Å². The van der Waals surface area contributed by atoms with Gasteiger partial charge in [-0.2, -0.15) is 0 Å². The summed E-state index contributed by atoms with van der Waals surface area (Å²) < 4.78 is 0. The number of carbonyl (C=O) groups excluding carboxylic acids is 1. The van der Waals surface area contributed by atoms with Crippen LogP contribution in [0.25, 0.3) is 0 Å². The molecule has 0 aromatic rings. The van der Waals surface area contributed by atoms with Crippen LogP contribution in [0.3, 0.4) is 0 Å². The van der Waals surface area contributed by atoms with Crippen molar-refractivity contribution in [2.75, 3.05) is 6.54 Å². The van der Waals surface area contributed by atoms with Crippen LogP contribution in [0.15, 0.2) is 12.2 Å². The lowest BCUT2D eigenvalue weighted by molar-refractivity contribution is -0.131. The number of rotatable bonds is 7. The summed E-state index contributed by atoms with van der Waals surface area (Å²) in [5.74, 6) is -0.273. The molecule has 114 valence electrons. The van der Waals surface area contributed by atoms with Crippen molar-refractivity contribution in [2.45, 2.75) is 57.9 Å². The fourth-order valence-electron chi connectivity index (χ4n) is 2.80. The Hall–Kier alpha value is -0.845. The van der Waals surface area contributed by atoms with Crippen LogP contribution in [-0.4, -0.2) is 46.5 Å². The summed E-state index contributed by atoms with van der Waals surface area (Å²) in [5.41, 5.74) is 6.74. The molecule has 1 aliphatic rings. The van der Waals surface area contributed by atoms with Gasteiger partial charge in [-0.3, -0.25) is 4.79 Å². The van der Waals surface area contributed by atoms with Crippen LogP contribution in [0.1, 0.15) is 46.0 Å². The first-order valence-electron chi connectivity index (χ1n) is 7.52. The molecule has 0 aromatic heterocycles. The van der Waals surface area contributed by atoms with E-state index in [1.54, 1.807) is 0 Å². The van der Waals surface area contributed by atoms with Crippen LogP contribution >= 0.6 is 0 Å². The average Bonchev–Trinajstić information content (AvgIpc) is 2.92. The van der Waals surface area contributed by atoms with E-state index in [0.29, 0.717) is 18.9 Å². The van der Waals surface area contributed by atoms with Crippen molar-refractivity contribution < 1.29 is 14.8 Å². The van der Waals surface area contributed by atoms with Gasteiger partial charge < -0.3 is 20.7 Å². The SMILES string of the molecule is C=C(CC(CC)CC)[C@@H](N)C(=O)N1CCC[C@H]1B(O)O. The van der Waals surface area contributed by atoms with Crippen LogP contribution < -0.4 is 5.73 Å². The highest BCUT2D eigenvalue weighted by molar-refractivity contribution is 6.43. The van der Waals surface area contributed by atoms with Gasteiger partial charge in [0.1, 0.15) is 6.04 Å². The van der Waals surface area contributed by atoms with E-state index in [1.807, 2.05) is 0 Å². The molecule has 1 heterocycles. The molecule has 0 unspecified atom stereocenters. The maximum atomic E-state index is 12.4. The van der Waals surface area contributed by atoms with E-state index in [-0.39, 0.29) is 5.91 Å². The van der Waals surface area contributed by atoms with Crippen molar-refractivity contribution in [3.63, 3.8) is 0 Å². The molecule has 0 bridgehead atoms. The molecule has 0 spiro atoms. The Morgan fingerprint density at radius 2 is 2.05 bits per heavy atom. The fourth-order valence-corrected chi connectivity index (χ4v) is 2.80. The molecule has 0 saturated carbocycles. The molecule has 20 heavy (non-hydrogen) atoms. The molecule has 1 amide bonds. The number of nitrogens with two attached hydrogens (primary N) is 1. The standard InChI is InChI=1S/C14H27BN2O3/c1-4-11(5-2)9-10(3)13(16)14(18)17-8-6-7-12(17)15(19)20/h11-13,19-20H,3-9,16H2,1-2H3/t12-,13+/m0/s1. The third kappa shape index (κ3) is 4.07. The van der Waals surface area contributed by atoms with E-state index in [9.17, 15) is 14.8 Å². The Labute approximate surface area is 122 Å². The summed E-state index contributed by atoms with van der Waals surface area (Å²) in [6, 6.07) is -0.741. The molecule has 1 fully saturated rings. The van der Waals surface area contributed by atoms with Crippen LogP contribution in [0, 0.1) is 5.92 Å². The summed E-state index contributed by atoms with van der Waals surface area (Å²) in [5, 5.41) is 18.6. The Balaban J connectivity index is 2.64. The number of carbonyl (C=O) groups is 1.